The van der Waals surface area contributed by atoms with Crippen LogP contribution in [0.2, 0.25) is 0 Å². The number of alkyl carbamates (subject to hydrolysis) is 1. The van der Waals surface area contributed by atoms with Gasteiger partial charge >= 0.3 is 6.09 Å². The van der Waals surface area contributed by atoms with Crippen molar-refractivity contribution in [2.24, 2.45) is 11.8 Å². The largest absolute Gasteiger partial charge is 0.447 e. The van der Waals surface area contributed by atoms with E-state index in [-0.39, 0.29) is 44.1 Å². The van der Waals surface area contributed by atoms with Gasteiger partial charge in [-0.25, -0.2) is 4.79 Å². The van der Waals surface area contributed by atoms with E-state index in [9.17, 15) is 14.4 Å². The van der Waals surface area contributed by atoms with Gasteiger partial charge in [-0.1, -0.05) is 20.8 Å². The van der Waals surface area contributed by atoms with Crippen LogP contribution in [-0.4, -0.2) is 55.7 Å². The number of amides is 3. The van der Waals surface area contributed by atoms with Crippen LogP contribution in [0.3, 0.4) is 0 Å². The molecule has 1 fully saturated rings. The van der Waals surface area contributed by atoms with E-state index in [1.807, 2.05) is 6.92 Å². The van der Waals surface area contributed by atoms with Crippen molar-refractivity contribution in [3.8, 4) is 0 Å². The molecule has 132 valence electrons. The number of hydrogen-bond donors (Lipinski definition) is 1. The first kappa shape index (κ1) is 19.4. The minimum atomic E-state index is -0.454. The maximum absolute atomic E-state index is 11.9. The Morgan fingerprint density at radius 2 is 2.04 bits per heavy atom. The Morgan fingerprint density at radius 3 is 2.65 bits per heavy atom. The lowest BCUT2D eigenvalue weighted by Crippen LogP contribution is -2.34. The van der Waals surface area contributed by atoms with E-state index in [0.29, 0.717) is 25.3 Å². The summed E-state index contributed by atoms with van der Waals surface area (Å²) in [6.45, 7) is 7.56. The lowest BCUT2D eigenvalue weighted by atomic mass is 10.1. The van der Waals surface area contributed by atoms with Crippen molar-refractivity contribution in [3.05, 3.63) is 0 Å². The summed E-state index contributed by atoms with van der Waals surface area (Å²) in [5.74, 6) is 0.107. The summed E-state index contributed by atoms with van der Waals surface area (Å²) < 4.78 is 10.3. The van der Waals surface area contributed by atoms with E-state index >= 15 is 0 Å². The van der Waals surface area contributed by atoms with Gasteiger partial charge in [0.25, 0.3) is 0 Å². The molecule has 0 aromatic heterocycles. The number of rotatable bonds is 10. The van der Waals surface area contributed by atoms with Crippen LogP contribution in [0, 0.1) is 11.8 Å². The maximum atomic E-state index is 11.9. The fourth-order valence-corrected chi connectivity index (χ4v) is 2.27. The smallest absolute Gasteiger partial charge is 0.407 e. The zero-order chi connectivity index (χ0) is 17.2. The number of nitrogens with zero attached hydrogens (tertiary/aromatic N) is 1. The van der Waals surface area contributed by atoms with Gasteiger partial charge in [0.15, 0.2) is 0 Å². The van der Waals surface area contributed by atoms with Crippen molar-refractivity contribution in [1.29, 1.82) is 0 Å². The minimum absolute atomic E-state index is 0.109. The Balaban J connectivity index is 2.04. The highest BCUT2D eigenvalue weighted by atomic mass is 16.6. The molecule has 0 saturated carbocycles. The summed E-state index contributed by atoms with van der Waals surface area (Å²) in [7, 11) is 0. The molecule has 0 aromatic rings. The monoisotopic (exact) mass is 328 g/mol. The Hall–Kier alpha value is -1.63. The molecule has 1 aliphatic heterocycles. The normalized spacial score (nSPS) is 17.9. The third-order valence-electron chi connectivity index (χ3n) is 3.74. The second kappa shape index (κ2) is 10.2. The predicted octanol–water partition coefficient (Wildman–Crippen LogP) is 1.56. The zero-order valence-electron chi connectivity index (χ0n) is 14.3. The van der Waals surface area contributed by atoms with Crippen LogP contribution in [-0.2, 0) is 19.1 Å². The number of nitrogens with one attached hydrogen (secondary N) is 1. The number of ether oxygens (including phenoxy) is 2. The van der Waals surface area contributed by atoms with Crippen LogP contribution in [0.1, 0.15) is 40.0 Å². The summed E-state index contributed by atoms with van der Waals surface area (Å²) in [6, 6.07) is 0. The molecule has 0 radical (unpaired) electrons. The summed E-state index contributed by atoms with van der Waals surface area (Å²) in [5, 5.41) is 2.66. The number of likely N-dealkylation sites (tertiary alicyclic amines) is 1. The molecule has 1 heterocycles. The van der Waals surface area contributed by atoms with E-state index in [1.165, 1.54) is 4.90 Å². The van der Waals surface area contributed by atoms with Crippen LogP contribution in [0.5, 0.6) is 0 Å². The van der Waals surface area contributed by atoms with E-state index in [2.05, 4.69) is 19.2 Å². The molecule has 7 nitrogen and oxygen atoms in total. The van der Waals surface area contributed by atoms with Crippen molar-refractivity contribution >= 4 is 17.9 Å². The summed E-state index contributed by atoms with van der Waals surface area (Å²) >= 11 is 0. The first-order chi connectivity index (χ1) is 11.0. The Morgan fingerprint density at radius 1 is 1.30 bits per heavy atom. The zero-order valence-corrected chi connectivity index (χ0v) is 14.3. The second-order valence-corrected chi connectivity index (χ2v) is 6.05. The molecular weight excluding hydrogens is 300 g/mol. The lowest BCUT2D eigenvalue weighted by molar-refractivity contribution is -0.140. The molecule has 1 unspecified atom stereocenters. The van der Waals surface area contributed by atoms with Crippen molar-refractivity contribution in [2.45, 2.75) is 40.0 Å². The summed E-state index contributed by atoms with van der Waals surface area (Å²) in [4.78, 5) is 36.2. The molecule has 0 aliphatic carbocycles. The lowest BCUT2D eigenvalue weighted by Gasteiger charge is -2.14. The molecule has 0 aromatic carbocycles. The van der Waals surface area contributed by atoms with Crippen molar-refractivity contribution in [3.63, 3.8) is 0 Å². The van der Waals surface area contributed by atoms with Crippen molar-refractivity contribution < 1.29 is 23.9 Å². The van der Waals surface area contributed by atoms with Gasteiger partial charge in [0, 0.05) is 18.9 Å². The molecule has 23 heavy (non-hydrogen) atoms. The van der Waals surface area contributed by atoms with Gasteiger partial charge < -0.3 is 14.8 Å². The topological polar surface area (TPSA) is 84.9 Å². The van der Waals surface area contributed by atoms with Gasteiger partial charge in [-0.3, -0.25) is 14.5 Å². The van der Waals surface area contributed by atoms with Gasteiger partial charge in [0.05, 0.1) is 19.8 Å². The van der Waals surface area contributed by atoms with Crippen LogP contribution in [0.15, 0.2) is 0 Å². The molecule has 1 saturated heterocycles. The van der Waals surface area contributed by atoms with Crippen LogP contribution >= 0.6 is 0 Å². The fourth-order valence-electron chi connectivity index (χ4n) is 2.27. The highest BCUT2D eigenvalue weighted by Gasteiger charge is 2.36. The average Bonchev–Trinajstić information content (AvgIpc) is 2.77. The highest BCUT2D eigenvalue weighted by molar-refractivity contribution is 6.03. The molecule has 1 rings (SSSR count). The first-order valence-electron chi connectivity index (χ1n) is 8.28. The van der Waals surface area contributed by atoms with Gasteiger partial charge in [0.2, 0.25) is 11.8 Å². The maximum Gasteiger partial charge on any atom is 0.407 e. The standard InChI is InChI=1S/C16H28N2O5/c1-4-13-11-14(19)18(15(13)20)7-8-22-9-10-23-16(21)17-6-5-12(2)3/h12-13H,4-11H2,1-3H3,(H,17,21). The SMILES string of the molecule is CCC1CC(=O)N(CCOCCOC(=O)NCCC(C)C)C1=O. The Kier molecular flexibility index (Phi) is 8.61. The number of hydrogen-bond acceptors (Lipinski definition) is 5. The molecule has 7 heteroatoms. The summed E-state index contributed by atoms with van der Waals surface area (Å²) in [5.41, 5.74) is 0. The van der Waals surface area contributed by atoms with Gasteiger partial charge in [-0.2, -0.15) is 0 Å². The van der Waals surface area contributed by atoms with Gasteiger partial charge in [-0.05, 0) is 18.8 Å². The molecule has 1 N–H and O–H groups in total. The fraction of sp³-hybridized carbons (Fsp3) is 0.812. The van der Waals surface area contributed by atoms with Crippen LogP contribution in [0.25, 0.3) is 0 Å². The average molecular weight is 328 g/mol. The predicted molar refractivity (Wildman–Crippen MR) is 84.7 cm³/mol. The minimum Gasteiger partial charge on any atom is -0.447 e. The third-order valence-corrected chi connectivity index (χ3v) is 3.74. The molecule has 3 amide bonds. The number of carbonyl (C=O) groups excluding carboxylic acids is 3. The van der Waals surface area contributed by atoms with Crippen molar-refractivity contribution in [1.82, 2.24) is 10.2 Å². The second-order valence-electron chi connectivity index (χ2n) is 6.05. The number of imide groups is 1. The third kappa shape index (κ3) is 6.99. The number of carbonyl (C=O) groups is 3. The van der Waals surface area contributed by atoms with Crippen LogP contribution in [0.4, 0.5) is 4.79 Å². The van der Waals surface area contributed by atoms with Gasteiger partial charge in [0.1, 0.15) is 6.61 Å². The Labute approximate surface area is 137 Å². The molecule has 1 aliphatic rings. The van der Waals surface area contributed by atoms with Crippen molar-refractivity contribution in [2.75, 3.05) is 32.9 Å². The Bertz CT molecular complexity index is 411. The summed E-state index contributed by atoms with van der Waals surface area (Å²) in [6.07, 6.45) is 1.43. The van der Waals surface area contributed by atoms with E-state index in [1.54, 1.807) is 0 Å². The first-order valence-corrected chi connectivity index (χ1v) is 8.28. The van der Waals surface area contributed by atoms with E-state index < -0.39 is 6.09 Å². The molecule has 1 atom stereocenters. The quantitative estimate of drug-likeness (QED) is 0.486. The molecule has 0 spiro atoms. The highest BCUT2D eigenvalue weighted by Crippen LogP contribution is 2.21. The van der Waals surface area contributed by atoms with Crippen LogP contribution < -0.4 is 5.32 Å². The molecule has 0 bridgehead atoms. The van der Waals surface area contributed by atoms with Gasteiger partial charge in [-0.15, -0.1) is 0 Å². The molecular formula is C16H28N2O5. The van der Waals surface area contributed by atoms with E-state index in [4.69, 9.17) is 9.47 Å². The van der Waals surface area contributed by atoms with E-state index in [0.717, 1.165) is 6.42 Å².